The summed E-state index contributed by atoms with van der Waals surface area (Å²) in [5, 5.41) is 4.53. The van der Waals surface area contributed by atoms with Crippen molar-refractivity contribution in [2.45, 2.75) is 65.8 Å². The molecule has 4 heteroatoms. The second kappa shape index (κ2) is 6.88. The highest BCUT2D eigenvalue weighted by atomic mass is 79.9. The predicted molar refractivity (Wildman–Crippen MR) is 84.8 cm³/mol. The van der Waals surface area contributed by atoms with Gasteiger partial charge in [0.25, 0.3) is 0 Å². The summed E-state index contributed by atoms with van der Waals surface area (Å²) >= 11 is 3.64. The van der Waals surface area contributed by atoms with Gasteiger partial charge in [-0.3, -0.25) is 9.48 Å². The number of aryl methyl sites for hydroxylation is 2. The second-order valence-corrected chi connectivity index (χ2v) is 6.75. The lowest BCUT2D eigenvalue weighted by Gasteiger charge is -2.28. The van der Waals surface area contributed by atoms with Crippen molar-refractivity contribution in [1.82, 2.24) is 9.78 Å². The van der Waals surface area contributed by atoms with Crippen LogP contribution in [0.25, 0.3) is 0 Å². The van der Waals surface area contributed by atoms with Gasteiger partial charge in [0.15, 0.2) is 0 Å². The van der Waals surface area contributed by atoms with Crippen molar-refractivity contribution in [2.24, 2.45) is 11.8 Å². The van der Waals surface area contributed by atoms with Crippen LogP contribution in [-0.4, -0.2) is 15.6 Å². The van der Waals surface area contributed by atoms with E-state index in [-0.39, 0.29) is 5.92 Å². The summed E-state index contributed by atoms with van der Waals surface area (Å²) in [4.78, 5) is 12.2. The van der Waals surface area contributed by atoms with Crippen LogP contribution in [0.4, 0.5) is 0 Å². The number of halogens is 1. The molecule has 1 aliphatic carbocycles. The average Bonchev–Trinajstić information content (AvgIpc) is 2.70. The topological polar surface area (TPSA) is 34.9 Å². The second-order valence-electron chi connectivity index (χ2n) is 5.96. The average molecular weight is 341 g/mol. The molecule has 1 aromatic rings. The molecule has 0 aromatic carbocycles. The molecular weight excluding hydrogens is 316 g/mol. The Morgan fingerprint density at radius 1 is 1.40 bits per heavy atom. The van der Waals surface area contributed by atoms with Crippen LogP contribution in [0, 0.1) is 18.8 Å². The molecule has 20 heavy (non-hydrogen) atoms. The number of Topliss-reactive ketones (excluding diaryl/α,β-unsaturated/α-hetero) is 1. The number of hydrogen-bond donors (Lipinski definition) is 0. The smallest absolute Gasteiger partial charge is 0.136 e. The number of nitrogens with zero attached hydrogens (tertiary/aromatic N) is 2. The van der Waals surface area contributed by atoms with Gasteiger partial charge in [0.1, 0.15) is 5.78 Å². The number of ketones is 1. The van der Waals surface area contributed by atoms with E-state index in [1.54, 1.807) is 0 Å². The zero-order valence-corrected chi connectivity index (χ0v) is 14.4. The first-order valence-electron chi connectivity index (χ1n) is 7.81. The van der Waals surface area contributed by atoms with Crippen LogP contribution < -0.4 is 0 Å². The van der Waals surface area contributed by atoms with Gasteiger partial charge in [-0.05, 0) is 48.5 Å². The van der Waals surface area contributed by atoms with Crippen LogP contribution in [0.2, 0.25) is 0 Å². The first kappa shape index (κ1) is 15.7. The molecule has 1 heterocycles. The lowest BCUT2D eigenvalue weighted by atomic mass is 9.77. The van der Waals surface area contributed by atoms with Gasteiger partial charge in [0.05, 0.1) is 15.9 Å². The molecule has 1 aliphatic rings. The molecule has 1 aromatic heterocycles. The highest BCUT2D eigenvalue weighted by Crippen LogP contribution is 2.33. The van der Waals surface area contributed by atoms with Crippen molar-refractivity contribution < 1.29 is 4.79 Å². The van der Waals surface area contributed by atoms with E-state index >= 15 is 0 Å². The predicted octanol–water partition coefficient (Wildman–Crippen LogP) is 4.30. The van der Waals surface area contributed by atoms with E-state index in [0.29, 0.717) is 5.78 Å². The molecule has 0 bridgehead atoms. The fourth-order valence-electron chi connectivity index (χ4n) is 3.37. The van der Waals surface area contributed by atoms with E-state index in [4.69, 9.17) is 0 Å². The van der Waals surface area contributed by atoms with Crippen molar-refractivity contribution in [3.05, 3.63) is 15.9 Å². The molecule has 3 nitrogen and oxygen atoms in total. The maximum atomic E-state index is 12.2. The van der Waals surface area contributed by atoms with Crippen LogP contribution in [0.3, 0.4) is 0 Å². The maximum Gasteiger partial charge on any atom is 0.136 e. The Morgan fingerprint density at radius 3 is 2.80 bits per heavy atom. The highest BCUT2D eigenvalue weighted by Gasteiger charge is 2.30. The number of carbonyl (C=O) groups excluding carboxylic acids is 1. The number of aromatic nitrogens is 2. The minimum Gasteiger partial charge on any atom is -0.299 e. The van der Waals surface area contributed by atoms with Crippen molar-refractivity contribution >= 4 is 21.7 Å². The minimum atomic E-state index is 0.193. The van der Waals surface area contributed by atoms with Crippen molar-refractivity contribution in [1.29, 1.82) is 0 Å². The first-order valence-corrected chi connectivity index (χ1v) is 8.60. The molecule has 2 rings (SSSR count). The quantitative estimate of drug-likeness (QED) is 0.800. The highest BCUT2D eigenvalue weighted by molar-refractivity contribution is 9.10. The number of hydrogen-bond acceptors (Lipinski definition) is 2. The van der Waals surface area contributed by atoms with Gasteiger partial charge in [-0.25, -0.2) is 0 Å². The maximum absolute atomic E-state index is 12.2. The Labute approximate surface area is 130 Å². The lowest BCUT2D eigenvalue weighted by Crippen LogP contribution is -2.27. The Kier molecular flexibility index (Phi) is 5.42. The van der Waals surface area contributed by atoms with E-state index in [1.165, 1.54) is 18.5 Å². The normalized spacial score (nSPS) is 23.3. The van der Waals surface area contributed by atoms with E-state index in [2.05, 4.69) is 34.9 Å². The summed E-state index contributed by atoms with van der Waals surface area (Å²) in [6, 6.07) is 0. The molecule has 112 valence electrons. The summed E-state index contributed by atoms with van der Waals surface area (Å²) < 4.78 is 3.13. The molecule has 1 fully saturated rings. The molecule has 0 saturated heterocycles. The van der Waals surface area contributed by atoms with E-state index in [1.807, 2.05) is 11.6 Å². The standard InChI is InChI=1S/C16H25BrN2O/c1-4-6-12-7-8-15(20)13(9-12)10-14-16(17)11(3)18-19(14)5-2/h12-13H,4-10H2,1-3H3. The zero-order valence-electron chi connectivity index (χ0n) is 12.8. The van der Waals surface area contributed by atoms with Crippen LogP contribution in [0.5, 0.6) is 0 Å². The van der Waals surface area contributed by atoms with E-state index in [9.17, 15) is 4.79 Å². The van der Waals surface area contributed by atoms with Crippen LogP contribution in [0.1, 0.15) is 57.3 Å². The summed E-state index contributed by atoms with van der Waals surface area (Å²) in [5.41, 5.74) is 2.22. The van der Waals surface area contributed by atoms with Gasteiger partial charge < -0.3 is 0 Å². The molecule has 0 radical (unpaired) electrons. The fraction of sp³-hybridized carbons (Fsp3) is 0.750. The van der Waals surface area contributed by atoms with Crippen molar-refractivity contribution in [2.75, 3.05) is 0 Å². The van der Waals surface area contributed by atoms with Crippen LogP contribution in [-0.2, 0) is 17.8 Å². The van der Waals surface area contributed by atoms with Gasteiger partial charge >= 0.3 is 0 Å². The summed E-state index contributed by atoms with van der Waals surface area (Å²) in [6.45, 7) is 7.21. The van der Waals surface area contributed by atoms with Gasteiger partial charge in [-0.15, -0.1) is 0 Å². The zero-order chi connectivity index (χ0) is 14.7. The van der Waals surface area contributed by atoms with Crippen LogP contribution >= 0.6 is 15.9 Å². The number of rotatable bonds is 5. The third-order valence-corrected chi connectivity index (χ3v) is 5.49. The Morgan fingerprint density at radius 2 is 2.15 bits per heavy atom. The largest absolute Gasteiger partial charge is 0.299 e. The van der Waals surface area contributed by atoms with Gasteiger partial charge in [0, 0.05) is 25.3 Å². The molecule has 0 spiro atoms. The Bertz CT molecular complexity index is 481. The third-order valence-electron chi connectivity index (χ3n) is 4.46. The molecule has 2 unspecified atom stereocenters. The SMILES string of the molecule is CCCC1CCC(=O)C(Cc2c(Br)c(C)nn2CC)C1. The molecule has 0 amide bonds. The van der Waals surface area contributed by atoms with Crippen molar-refractivity contribution in [3.8, 4) is 0 Å². The molecule has 0 N–H and O–H groups in total. The fourth-order valence-corrected chi connectivity index (χ4v) is 3.81. The van der Waals surface area contributed by atoms with Gasteiger partial charge in [0.2, 0.25) is 0 Å². The molecule has 1 saturated carbocycles. The van der Waals surface area contributed by atoms with Crippen molar-refractivity contribution in [3.63, 3.8) is 0 Å². The lowest BCUT2D eigenvalue weighted by molar-refractivity contribution is -0.125. The summed E-state index contributed by atoms with van der Waals surface area (Å²) in [7, 11) is 0. The molecule has 2 atom stereocenters. The molecular formula is C16H25BrN2O. The monoisotopic (exact) mass is 340 g/mol. The molecule has 0 aliphatic heterocycles. The minimum absolute atomic E-state index is 0.193. The Hall–Kier alpha value is -0.640. The summed E-state index contributed by atoms with van der Waals surface area (Å²) in [6.07, 6.45) is 6.25. The van der Waals surface area contributed by atoms with Gasteiger partial charge in [-0.1, -0.05) is 19.8 Å². The van der Waals surface area contributed by atoms with E-state index < -0.39 is 0 Å². The first-order chi connectivity index (χ1) is 9.56. The van der Waals surface area contributed by atoms with E-state index in [0.717, 1.165) is 48.3 Å². The van der Waals surface area contributed by atoms with Gasteiger partial charge in [-0.2, -0.15) is 5.10 Å². The number of carbonyl (C=O) groups is 1. The third kappa shape index (κ3) is 3.33. The summed E-state index contributed by atoms with van der Waals surface area (Å²) in [5.74, 6) is 1.38. The van der Waals surface area contributed by atoms with Crippen LogP contribution in [0.15, 0.2) is 4.47 Å². The Balaban J connectivity index is 2.13.